The van der Waals surface area contributed by atoms with Crippen molar-refractivity contribution in [3.63, 3.8) is 0 Å². The zero-order valence-electron chi connectivity index (χ0n) is 16.0. The van der Waals surface area contributed by atoms with Crippen LogP contribution < -0.4 is 14.8 Å². The predicted octanol–water partition coefficient (Wildman–Crippen LogP) is 5.67. The van der Waals surface area contributed by atoms with E-state index in [0.29, 0.717) is 24.5 Å². The smallest absolute Gasteiger partial charge is 0.255 e. The van der Waals surface area contributed by atoms with Gasteiger partial charge in [-0.3, -0.25) is 4.79 Å². The van der Waals surface area contributed by atoms with E-state index in [2.05, 4.69) is 24.0 Å². The molecule has 0 radical (unpaired) electrons. The maximum absolute atomic E-state index is 12.4. The van der Waals surface area contributed by atoms with Gasteiger partial charge in [0.25, 0.3) is 5.91 Å². The van der Waals surface area contributed by atoms with Crippen molar-refractivity contribution in [1.82, 2.24) is 0 Å². The highest BCUT2D eigenvalue weighted by molar-refractivity contribution is 7.99. The molecule has 5 heteroatoms. The summed E-state index contributed by atoms with van der Waals surface area (Å²) in [7, 11) is 0. The quantitative estimate of drug-likeness (QED) is 0.268. The van der Waals surface area contributed by atoms with Crippen LogP contribution in [-0.2, 0) is 0 Å². The Bertz CT molecular complexity index is 909. The molecule has 3 rings (SSSR count). The third-order valence-electron chi connectivity index (χ3n) is 3.96. The first-order chi connectivity index (χ1) is 14.2. The molecule has 4 nitrogen and oxygen atoms in total. The molecule has 0 bridgehead atoms. The number of nitrogens with one attached hydrogen (secondary N) is 1. The predicted molar refractivity (Wildman–Crippen MR) is 119 cm³/mol. The van der Waals surface area contributed by atoms with E-state index in [1.807, 2.05) is 42.5 Å². The van der Waals surface area contributed by atoms with Gasteiger partial charge in [0.05, 0.1) is 6.61 Å². The molecule has 0 aliphatic heterocycles. The lowest BCUT2D eigenvalue weighted by atomic mass is 10.2. The van der Waals surface area contributed by atoms with E-state index in [1.54, 1.807) is 42.1 Å². The van der Waals surface area contributed by atoms with E-state index >= 15 is 0 Å². The Hall–Kier alpha value is -3.18. The topological polar surface area (TPSA) is 47.6 Å². The average Bonchev–Trinajstić information content (AvgIpc) is 2.77. The first-order valence-electron chi connectivity index (χ1n) is 9.30. The summed E-state index contributed by atoms with van der Waals surface area (Å²) < 4.78 is 11.2. The van der Waals surface area contributed by atoms with Crippen LogP contribution in [0.3, 0.4) is 0 Å². The fraction of sp³-hybridized carbons (Fsp3) is 0.125. The number of amides is 1. The molecule has 0 heterocycles. The van der Waals surface area contributed by atoms with Crippen molar-refractivity contribution in [3.05, 3.63) is 97.1 Å². The van der Waals surface area contributed by atoms with Crippen LogP contribution in [0.2, 0.25) is 0 Å². The Morgan fingerprint density at radius 3 is 2.24 bits per heavy atom. The molecule has 3 aromatic rings. The van der Waals surface area contributed by atoms with Gasteiger partial charge in [0.15, 0.2) is 0 Å². The highest BCUT2D eigenvalue weighted by atomic mass is 32.2. The number of carbonyl (C=O) groups excluding carboxylic acids is 1. The Kier molecular flexibility index (Phi) is 7.78. The van der Waals surface area contributed by atoms with Crippen molar-refractivity contribution < 1.29 is 14.3 Å². The number of benzene rings is 3. The second-order valence-corrected chi connectivity index (χ2v) is 7.28. The van der Waals surface area contributed by atoms with E-state index in [-0.39, 0.29) is 5.91 Å². The van der Waals surface area contributed by atoms with E-state index in [4.69, 9.17) is 9.47 Å². The molecule has 0 aliphatic rings. The normalized spacial score (nSPS) is 10.2. The first-order valence-corrected chi connectivity index (χ1v) is 10.3. The number of hydrogen-bond acceptors (Lipinski definition) is 4. The van der Waals surface area contributed by atoms with E-state index in [9.17, 15) is 4.79 Å². The molecule has 0 aromatic heterocycles. The minimum atomic E-state index is -0.170. The Balaban J connectivity index is 1.45. The van der Waals surface area contributed by atoms with Crippen LogP contribution in [0.1, 0.15) is 10.4 Å². The minimum Gasteiger partial charge on any atom is -0.493 e. The van der Waals surface area contributed by atoms with Gasteiger partial charge in [0.2, 0.25) is 0 Å². The summed E-state index contributed by atoms with van der Waals surface area (Å²) in [6.45, 7) is 4.67. The van der Waals surface area contributed by atoms with Crippen LogP contribution in [0.5, 0.6) is 11.5 Å². The van der Waals surface area contributed by atoms with Gasteiger partial charge in [-0.25, -0.2) is 0 Å². The number of anilines is 1. The fourth-order valence-electron chi connectivity index (χ4n) is 2.53. The maximum atomic E-state index is 12.4. The summed E-state index contributed by atoms with van der Waals surface area (Å²) in [5.74, 6) is 2.17. The molecule has 0 aliphatic carbocycles. The highest BCUT2D eigenvalue weighted by Gasteiger charge is 2.07. The van der Waals surface area contributed by atoms with Crippen molar-refractivity contribution in [2.75, 3.05) is 24.3 Å². The lowest BCUT2D eigenvalue weighted by Crippen LogP contribution is -2.11. The van der Waals surface area contributed by atoms with Crippen molar-refractivity contribution in [2.24, 2.45) is 0 Å². The third-order valence-corrected chi connectivity index (χ3v) is 4.94. The van der Waals surface area contributed by atoms with Crippen LogP contribution in [0, 0.1) is 0 Å². The molecule has 1 amide bonds. The summed E-state index contributed by atoms with van der Waals surface area (Å²) in [6.07, 6.45) is 1.69. The van der Waals surface area contributed by atoms with Crippen molar-refractivity contribution in [1.29, 1.82) is 0 Å². The highest BCUT2D eigenvalue weighted by Crippen LogP contribution is 2.19. The van der Waals surface area contributed by atoms with Gasteiger partial charge in [-0.2, -0.15) is 0 Å². The minimum absolute atomic E-state index is 0.170. The van der Waals surface area contributed by atoms with E-state index in [0.717, 1.165) is 17.3 Å². The van der Waals surface area contributed by atoms with E-state index in [1.165, 1.54) is 4.90 Å². The standard InChI is InChI=1S/C24H23NO3S/c1-2-16-27-22-14-10-20(11-15-22)25-24(26)19-8-12-21(13-9-19)28-17-18-29-23-6-4-3-5-7-23/h2-15H,1,16-18H2,(H,25,26). The molecule has 29 heavy (non-hydrogen) atoms. The molecule has 0 saturated carbocycles. The van der Waals surface area contributed by atoms with Gasteiger partial charge in [0, 0.05) is 21.9 Å². The van der Waals surface area contributed by atoms with Crippen LogP contribution in [0.25, 0.3) is 0 Å². The summed E-state index contributed by atoms with van der Waals surface area (Å²) in [5, 5.41) is 2.87. The van der Waals surface area contributed by atoms with Crippen molar-refractivity contribution in [2.45, 2.75) is 4.90 Å². The van der Waals surface area contributed by atoms with Gasteiger partial charge >= 0.3 is 0 Å². The number of thioether (sulfide) groups is 1. The van der Waals surface area contributed by atoms with Gasteiger partial charge in [-0.05, 0) is 60.7 Å². The summed E-state index contributed by atoms with van der Waals surface area (Å²) in [6, 6.07) is 24.6. The molecule has 3 aromatic carbocycles. The van der Waals surface area contributed by atoms with Crippen LogP contribution in [0.15, 0.2) is 96.4 Å². The lowest BCUT2D eigenvalue weighted by Gasteiger charge is -2.09. The Morgan fingerprint density at radius 1 is 0.897 bits per heavy atom. The summed E-state index contributed by atoms with van der Waals surface area (Å²) in [4.78, 5) is 13.6. The average molecular weight is 406 g/mol. The molecule has 0 fully saturated rings. The van der Waals surface area contributed by atoms with Gasteiger partial charge in [-0.15, -0.1) is 11.8 Å². The summed E-state index contributed by atoms with van der Waals surface area (Å²) >= 11 is 1.75. The maximum Gasteiger partial charge on any atom is 0.255 e. The number of ether oxygens (including phenoxy) is 2. The van der Waals surface area contributed by atoms with Crippen LogP contribution >= 0.6 is 11.8 Å². The van der Waals surface area contributed by atoms with Crippen LogP contribution in [-0.4, -0.2) is 24.9 Å². The Morgan fingerprint density at radius 2 is 1.55 bits per heavy atom. The van der Waals surface area contributed by atoms with Crippen LogP contribution in [0.4, 0.5) is 5.69 Å². The molecule has 0 atom stereocenters. The van der Waals surface area contributed by atoms with Gasteiger partial charge in [-0.1, -0.05) is 30.9 Å². The molecule has 0 spiro atoms. The number of hydrogen-bond donors (Lipinski definition) is 1. The van der Waals surface area contributed by atoms with Crippen molar-refractivity contribution in [3.8, 4) is 11.5 Å². The molecular weight excluding hydrogens is 382 g/mol. The second-order valence-electron chi connectivity index (χ2n) is 6.11. The molecular formula is C24H23NO3S. The van der Waals surface area contributed by atoms with Gasteiger partial charge < -0.3 is 14.8 Å². The zero-order chi connectivity index (χ0) is 20.3. The fourth-order valence-corrected chi connectivity index (χ4v) is 3.28. The number of rotatable bonds is 10. The summed E-state index contributed by atoms with van der Waals surface area (Å²) in [5.41, 5.74) is 1.28. The zero-order valence-corrected chi connectivity index (χ0v) is 16.9. The molecule has 1 N–H and O–H groups in total. The third kappa shape index (κ3) is 6.73. The lowest BCUT2D eigenvalue weighted by molar-refractivity contribution is 0.102. The van der Waals surface area contributed by atoms with Crippen molar-refractivity contribution >= 4 is 23.4 Å². The SMILES string of the molecule is C=CCOc1ccc(NC(=O)c2ccc(OCCSc3ccccc3)cc2)cc1. The van der Waals surface area contributed by atoms with E-state index < -0.39 is 0 Å². The van der Waals surface area contributed by atoms with Gasteiger partial charge in [0.1, 0.15) is 18.1 Å². The second kappa shape index (κ2) is 11.0. The monoisotopic (exact) mass is 405 g/mol. The molecule has 0 unspecified atom stereocenters. The first kappa shape index (κ1) is 20.6. The Labute approximate surface area is 175 Å². The molecule has 0 saturated heterocycles. The largest absolute Gasteiger partial charge is 0.493 e. The number of carbonyl (C=O) groups is 1. The molecule has 148 valence electrons.